The molecule has 9 heteroatoms. The molecule has 4 rings (SSSR count). The smallest absolute Gasteiger partial charge is 0.249 e. The third kappa shape index (κ3) is 5.35. The summed E-state index contributed by atoms with van der Waals surface area (Å²) in [5, 5.41) is 3.07. The van der Waals surface area contributed by atoms with Crippen LogP contribution in [-0.2, 0) is 14.3 Å². The molecule has 2 fully saturated rings. The molecule has 2 aliphatic heterocycles. The number of halogens is 1. The minimum Gasteiger partial charge on any atom is -0.370 e. The molecule has 31 heavy (non-hydrogen) atoms. The lowest BCUT2D eigenvalue weighted by Gasteiger charge is -2.24. The number of hydrogen-bond acceptors (Lipinski definition) is 6. The van der Waals surface area contributed by atoms with Crippen molar-refractivity contribution < 1.29 is 18.7 Å². The quantitative estimate of drug-likeness (QED) is 0.652. The highest BCUT2D eigenvalue weighted by atomic mass is 19.1. The molecule has 0 saturated carbocycles. The van der Waals surface area contributed by atoms with E-state index in [1.807, 2.05) is 17.0 Å². The molecule has 2 saturated heterocycles. The molecule has 2 aliphatic rings. The van der Waals surface area contributed by atoms with Crippen LogP contribution in [-0.4, -0.2) is 64.4 Å². The van der Waals surface area contributed by atoms with E-state index in [1.54, 1.807) is 17.2 Å². The van der Waals surface area contributed by atoms with Gasteiger partial charge in [-0.3, -0.25) is 14.6 Å². The normalized spacial score (nSPS) is 18.6. The van der Waals surface area contributed by atoms with Gasteiger partial charge in [0, 0.05) is 26.1 Å². The van der Waals surface area contributed by atoms with Gasteiger partial charge in [-0.15, -0.1) is 0 Å². The first-order valence-electron chi connectivity index (χ1n) is 10.6. The number of rotatable bonds is 8. The molecule has 2 amide bonds. The van der Waals surface area contributed by atoms with E-state index in [-0.39, 0.29) is 24.5 Å². The van der Waals surface area contributed by atoms with Crippen molar-refractivity contribution in [3.8, 4) is 0 Å². The van der Waals surface area contributed by atoms with Crippen LogP contribution in [0.4, 0.5) is 15.9 Å². The van der Waals surface area contributed by atoms with Gasteiger partial charge in [-0.05, 0) is 43.5 Å². The summed E-state index contributed by atoms with van der Waals surface area (Å²) in [6, 6.07) is 6.58. The fourth-order valence-electron chi connectivity index (χ4n) is 4.00. The molecular weight excluding hydrogens is 401 g/mol. The van der Waals surface area contributed by atoms with Crippen molar-refractivity contribution in [3.05, 3.63) is 48.2 Å². The van der Waals surface area contributed by atoms with E-state index >= 15 is 0 Å². The Labute approximate surface area is 180 Å². The number of pyridine rings is 2. The molecule has 0 aliphatic carbocycles. The van der Waals surface area contributed by atoms with Gasteiger partial charge in [0.05, 0.1) is 36.4 Å². The standard InChI is InChI=1S/C22H26FN5O3/c23-16-5-8-20(25-13-16)26-17-6-7-18(24-14-17)19-3-1-10-28(19)22(30)15-31-12-11-27-9-2-4-21(27)29/h5-8,13-14,19H,1-4,9-12,15H2,(H,25,26)/t19-/m0/s1. The Kier molecular flexibility index (Phi) is 6.71. The van der Waals surface area contributed by atoms with E-state index in [4.69, 9.17) is 4.74 Å². The van der Waals surface area contributed by atoms with Gasteiger partial charge in [0.25, 0.3) is 0 Å². The summed E-state index contributed by atoms with van der Waals surface area (Å²) in [6.07, 6.45) is 6.11. The minimum absolute atomic E-state index is 0.00834. The molecule has 0 spiro atoms. The van der Waals surface area contributed by atoms with Crippen LogP contribution in [0.5, 0.6) is 0 Å². The van der Waals surface area contributed by atoms with Gasteiger partial charge in [-0.2, -0.15) is 0 Å². The Morgan fingerprint density at radius 1 is 1.16 bits per heavy atom. The highest BCUT2D eigenvalue weighted by Crippen LogP contribution is 2.31. The Morgan fingerprint density at radius 3 is 2.77 bits per heavy atom. The second kappa shape index (κ2) is 9.82. The lowest BCUT2D eigenvalue weighted by molar-refractivity contribution is -0.137. The van der Waals surface area contributed by atoms with E-state index in [9.17, 15) is 14.0 Å². The molecule has 2 aromatic heterocycles. The summed E-state index contributed by atoms with van der Waals surface area (Å²) in [4.78, 5) is 36.4. The molecule has 1 N–H and O–H groups in total. The Morgan fingerprint density at radius 2 is 2.06 bits per heavy atom. The molecule has 164 valence electrons. The third-order valence-corrected chi connectivity index (χ3v) is 5.60. The van der Waals surface area contributed by atoms with Crippen LogP contribution in [0.1, 0.15) is 37.4 Å². The zero-order valence-electron chi connectivity index (χ0n) is 17.3. The topological polar surface area (TPSA) is 87.7 Å². The maximum absolute atomic E-state index is 13.0. The van der Waals surface area contributed by atoms with Crippen molar-refractivity contribution in [3.63, 3.8) is 0 Å². The number of carbonyl (C=O) groups excluding carboxylic acids is 2. The zero-order chi connectivity index (χ0) is 21.6. The van der Waals surface area contributed by atoms with Gasteiger partial charge >= 0.3 is 0 Å². The average Bonchev–Trinajstić information content (AvgIpc) is 3.43. The van der Waals surface area contributed by atoms with E-state index in [0.717, 1.165) is 43.4 Å². The summed E-state index contributed by atoms with van der Waals surface area (Å²) in [6.45, 7) is 2.37. The van der Waals surface area contributed by atoms with E-state index in [0.29, 0.717) is 31.9 Å². The Balaban J connectivity index is 1.28. The summed E-state index contributed by atoms with van der Waals surface area (Å²) in [5.74, 6) is 0.239. The van der Waals surface area contributed by atoms with Gasteiger partial charge in [0.15, 0.2) is 0 Å². The first-order valence-corrected chi connectivity index (χ1v) is 10.6. The van der Waals surface area contributed by atoms with E-state index in [1.165, 1.54) is 6.07 Å². The van der Waals surface area contributed by atoms with Crippen molar-refractivity contribution in [1.29, 1.82) is 0 Å². The second-order valence-corrected chi connectivity index (χ2v) is 7.74. The first-order chi connectivity index (χ1) is 15.1. The highest BCUT2D eigenvalue weighted by Gasteiger charge is 2.30. The molecule has 0 aromatic carbocycles. The highest BCUT2D eigenvalue weighted by molar-refractivity contribution is 5.78. The van der Waals surface area contributed by atoms with Crippen molar-refractivity contribution in [1.82, 2.24) is 19.8 Å². The van der Waals surface area contributed by atoms with Crippen molar-refractivity contribution in [2.75, 3.05) is 38.2 Å². The number of hydrogen-bond donors (Lipinski definition) is 1. The largest absolute Gasteiger partial charge is 0.370 e. The number of nitrogens with zero attached hydrogens (tertiary/aromatic N) is 4. The van der Waals surface area contributed by atoms with Gasteiger partial charge < -0.3 is 19.9 Å². The molecule has 2 aromatic rings. The van der Waals surface area contributed by atoms with Crippen LogP contribution in [0.15, 0.2) is 36.7 Å². The molecule has 1 atom stereocenters. The predicted octanol–water partition coefficient (Wildman–Crippen LogP) is 2.66. The monoisotopic (exact) mass is 427 g/mol. The van der Waals surface area contributed by atoms with Crippen molar-refractivity contribution >= 4 is 23.3 Å². The van der Waals surface area contributed by atoms with Gasteiger partial charge in [0.2, 0.25) is 11.8 Å². The summed E-state index contributed by atoms with van der Waals surface area (Å²) in [7, 11) is 0. The van der Waals surface area contributed by atoms with Crippen molar-refractivity contribution in [2.45, 2.75) is 31.7 Å². The summed E-state index contributed by atoms with van der Waals surface area (Å²) >= 11 is 0. The number of amides is 2. The van der Waals surface area contributed by atoms with Gasteiger partial charge in [0.1, 0.15) is 18.2 Å². The number of anilines is 2. The zero-order valence-corrected chi connectivity index (χ0v) is 17.3. The maximum Gasteiger partial charge on any atom is 0.249 e. The van der Waals surface area contributed by atoms with Crippen LogP contribution >= 0.6 is 0 Å². The fraction of sp³-hybridized carbons (Fsp3) is 0.455. The van der Waals surface area contributed by atoms with Crippen LogP contribution in [0.2, 0.25) is 0 Å². The molecule has 8 nitrogen and oxygen atoms in total. The van der Waals surface area contributed by atoms with Crippen molar-refractivity contribution in [2.24, 2.45) is 0 Å². The lowest BCUT2D eigenvalue weighted by atomic mass is 10.1. The summed E-state index contributed by atoms with van der Waals surface area (Å²) in [5.41, 5.74) is 1.56. The fourth-order valence-corrected chi connectivity index (χ4v) is 4.00. The number of ether oxygens (including phenoxy) is 1. The molecular formula is C22H26FN5O3. The minimum atomic E-state index is -0.390. The molecule has 0 unspecified atom stereocenters. The van der Waals surface area contributed by atoms with Crippen LogP contribution in [0, 0.1) is 5.82 Å². The SMILES string of the molecule is O=C1CCCN1CCOCC(=O)N1CCC[C@H]1c1ccc(Nc2ccc(F)cn2)cn1. The van der Waals surface area contributed by atoms with Gasteiger partial charge in [-0.25, -0.2) is 9.37 Å². The maximum atomic E-state index is 13.0. The lowest BCUT2D eigenvalue weighted by Crippen LogP contribution is -2.35. The Bertz CT molecular complexity index is 906. The summed E-state index contributed by atoms with van der Waals surface area (Å²) < 4.78 is 18.5. The van der Waals surface area contributed by atoms with Crippen LogP contribution in [0.3, 0.4) is 0 Å². The average molecular weight is 427 g/mol. The van der Waals surface area contributed by atoms with Gasteiger partial charge in [-0.1, -0.05) is 0 Å². The third-order valence-electron chi connectivity index (χ3n) is 5.60. The second-order valence-electron chi connectivity index (χ2n) is 7.74. The Hall–Kier alpha value is -3.07. The van der Waals surface area contributed by atoms with E-state index < -0.39 is 5.82 Å². The molecule has 0 radical (unpaired) electrons. The molecule has 4 heterocycles. The number of aromatic nitrogens is 2. The first kappa shape index (κ1) is 21.2. The number of likely N-dealkylation sites (tertiary alicyclic amines) is 2. The number of carbonyl (C=O) groups is 2. The van der Waals surface area contributed by atoms with E-state index in [2.05, 4.69) is 15.3 Å². The van der Waals surface area contributed by atoms with Crippen LogP contribution in [0.25, 0.3) is 0 Å². The predicted molar refractivity (Wildman–Crippen MR) is 112 cm³/mol. The van der Waals surface area contributed by atoms with Crippen LogP contribution < -0.4 is 5.32 Å². The number of nitrogens with one attached hydrogen (secondary N) is 1. The molecule has 0 bridgehead atoms.